The van der Waals surface area contributed by atoms with Crippen molar-refractivity contribution in [3.63, 3.8) is 0 Å². The predicted octanol–water partition coefficient (Wildman–Crippen LogP) is 3.94. The molecule has 1 saturated heterocycles. The molecule has 2 aromatic carbocycles. The van der Waals surface area contributed by atoms with Gasteiger partial charge in [-0.2, -0.15) is 5.26 Å². The molecule has 1 unspecified atom stereocenters. The third-order valence-corrected chi connectivity index (χ3v) is 7.40. The number of hydrogen-bond donors (Lipinski definition) is 1. The zero-order valence-corrected chi connectivity index (χ0v) is 20.2. The standard InChI is InChI=1S/C26H25N5O3S/c1-35(34)25-28-23-15-18(21-8-4-6-17-5-2-3-7-20(17)21)9-10-22(23)24(29-25)30-13-14-31(26(32)33)19(16-30)11-12-27/h2-8,15,19H,9-11,13-14,16H2,1H3,(H,32,33)/t19-,35?/m0/s1. The summed E-state index contributed by atoms with van der Waals surface area (Å²) in [5.41, 5.74) is 4.07. The molecule has 1 aliphatic carbocycles. The molecule has 9 heteroatoms. The molecule has 1 amide bonds. The number of amides is 1. The van der Waals surface area contributed by atoms with Gasteiger partial charge in [0.15, 0.2) is 0 Å². The van der Waals surface area contributed by atoms with Gasteiger partial charge in [0.2, 0.25) is 5.16 Å². The highest BCUT2D eigenvalue weighted by Gasteiger charge is 2.33. The van der Waals surface area contributed by atoms with Crippen LogP contribution < -0.4 is 4.90 Å². The highest BCUT2D eigenvalue weighted by atomic mass is 32.2. The lowest BCUT2D eigenvalue weighted by molar-refractivity contribution is 0.119. The first-order chi connectivity index (χ1) is 17.0. The first kappa shape index (κ1) is 23.0. The van der Waals surface area contributed by atoms with Crippen LogP contribution in [0.2, 0.25) is 0 Å². The van der Waals surface area contributed by atoms with Crippen molar-refractivity contribution in [3.8, 4) is 6.07 Å². The number of anilines is 1. The van der Waals surface area contributed by atoms with Gasteiger partial charge in [0, 0.05) is 31.5 Å². The van der Waals surface area contributed by atoms with Crippen LogP contribution >= 0.6 is 0 Å². The minimum Gasteiger partial charge on any atom is -0.465 e. The van der Waals surface area contributed by atoms with E-state index in [1.165, 1.54) is 21.2 Å². The van der Waals surface area contributed by atoms with Gasteiger partial charge < -0.3 is 14.9 Å². The summed E-state index contributed by atoms with van der Waals surface area (Å²) in [5, 5.41) is 21.4. The number of hydrogen-bond acceptors (Lipinski definition) is 6. The number of rotatable bonds is 4. The van der Waals surface area contributed by atoms with Crippen LogP contribution in [0.3, 0.4) is 0 Å². The van der Waals surface area contributed by atoms with Crippen molar-refractivity contribution >= 4 is 45.1 Å². The van der Waals surface area contributed by atoms with Crippen LogP contribution in [0.4, 0.5) is 10.6 Å². The Balaban J connectivity index is 1.57. The van der Waals surface area contributed by atoms with Crippen molar-refractivity contribution in [1.29, 1.82) is 5.26 Å². The number of aromatic nitrogens is 2. The lowest BCUT2D eigenvalue weighted by Crippen LogP contribution is -2.55. The number of nitrogens with zero attached hydrogens (tertiary/aromatic N) is 5. The average molecular weight is 488 g/mol. The van der Waals surface area contributed by atoms with Crippen LogP contribution in [0.25, 0.3) is 22.4 Å². The van der Waals surface area contributed by atoms with Crippen molar-refractivity contribution < 1.29 is 14.1 Å². The van der Waals surface area contributed by atoms with Gasteiger partial charge in [-0.1, -0.05) is 42.5 Å². The molecule has 0 radical (unpaired) electrons. The van der Waals surface area contributed by atoms with E-state index in [1.807, 2.05) is 17.0 Å². The summed E-state index contributed by atoms with van der Waals surface area (Å²) in [6, 6.07) is 16.2. The van der Waals surface area contributed by atoms with E-state index < -0.39 is 22.9 Å². The summed E-state index contributed by atoms with van der Waals surface area (Å²) in [4.78, 5) is 24.3. The first-order valence-electron chi connectivity index (χ1n) is 11.5. The van der Waals surface area contributed by atoms with Gasteiger partial charge in [0.05, 0.1) is 35.0 Å². The second-order valence-corrected chi connectivity index (χ2v) is 10.1. The van der Waals surface area contributed by atoms with Crippen LogP contribution in [0, 0.1) is 11.3 Å². The minimum absolute atomic E-state index is 0.105. The lowest BCUT2D eigenvalue weighted by Gasteiger charge is -2.40. The Bertz CT molecular complexity index is 1410. The van der Waals surface area contributed by atoms with E-state index in [1.54, 1.807) is 6.26 Å². The molecule has 3 aromatic rings. The number of nitriles is 1. The van der Waals surface area contributed by atoms with E-state index in [2.05, 4.69) is 52.4 Å². The van der Waals surface area contributed by atoms with Crippen molar-refractivity contribution in [1.82, 2.24) is 14.9 Å². The fourth-order valence-electron chi connectivity index (χ4n) is 5.01. The first-order valence-corrected chi connectivity index (χ1v) is 13.1. The summed E-state index contributed by atoms with van der Waals surface area (Å²) in [6.45, 7) is 1.09. The molecule has 1 aliphatic heterocycles. The van der Waals surface area contributed by atoms with Crippen LogP contribution in [0.1, 0.15) is 29.7 Å². The molecule has 5 rings (SSSR count). The van der Waals surface area contributed by atoms with Gasteiger partial charge in [-0.05, 0) is 40.8 Å². The number of carbonyl (C=O) groups is 1. The highest BCUT2D eigenvalue weighted by molar-refractivity contribution is 7.84. The predicted molar refractivity (Wildman–Crippen MR) is 135 cm³/mol. The maximum absolute atomic E-state index is 12.4. The Morgan fingerprint density at radius 3 is 2.74 bits per heavy atom. The maximum Gasteiger partial charge on any atom is 0.407 e. The van der Waals surface area contributed by atoms with E-state index in [-0.39, 0.29) is 18.1 Å². The van der Waals surface area contributed by atoms with Gasteiger partial charge >= 0.3 is 6.09 Å². The maximum atomic E-state index is 12.4. The van der Waals surface area contributed by atoms with E-state index in [0.29, 0.717) is 18.9 Å². The van der Waals surface area contributed by atoms with Crippen LogP contribution in [-0.4, -0.2) is 62.2 Å². The summed E-state index contributed by atoms with van der Waals surface area (Å²) in [6.07, 6.45) is 4.24. The van der Waals surface area contributed by atoms with E-state index in [4.69, 9.17) is 0 Å². The molecule has 0 bridgehead atoms. The van der Waals surface area contributed by atoms with E-state index in [0.717, 1.165) is 29.7 Å². The second-order valence-electron chi connectivity index (χ2n) is 8.78. The largest absolute Gasteiger partial charge is 0.465 e. The Morgan fingerprint density at radius 2 is 1.97 bits per heavy atom. The molecule has 0 spiro atoms. The van der Waals surface area contributed by atoms with Crippen LogP contribution in [0.5, 0.6) is 0 Å². The molecule has 1 aromatic heterocycles. The van der Waals surface area contributed by atoms with Crippen molar-refractivity contribution in [2.45, 2.75) is 30.5 Å². The van der Waals surface area contributed by atoms with Gasteiger partial charge in [0.25, 0.3) is 0 Å². The molecule has 2 heterocycles. The topological polar surface area (TPSA) is 110 Å². The van der Waals surface area contributed by atoms with Gasteiger partial charge in [-0.25, -0.2) is 14.8 Å². The molecule has 2 aliphatic rings. The molecule has 8 nitrogen and oxygen atoms in total. The monoisotopic (exact) mass is 487 g/mol. The molecule has 1 fully saturated rings. The van der Waals surface area contributed by atoms with Gasteiger partial charge in [-0.3, -0.25) is 4.21 Å². The Labute approximate surface area is 206 Å². The van der Waals surface area contributed by atoms with Crippen molar-refractivity contribution in [2.75, 3.05) is 30.8 Å². The number of piperazine rings is 1. The smallest absolute Gasteiger partial charge is 0.407 e. The normalized spacial score (nSPS) is 18.5. The molecule has 178 valence electrons. The van der Waals surface area contributed by atoms with Gasteiger partial charge in [0.1, 0.15) is 5.82 Å². The summed E-state index contributed by atoms with van der Waals surface area (Å²) in [7, 11) is -1.38. The Kier molecular flexibility index (Phi) is 6.22. The van der Waals surface area contributed by atoms with Crippen molar-refractivity contribution in [3.05, 3.63) is 59.3 Å². The fourth-order valence-corrected chi connectivity index (χ4v) is 5.45. The molecule has 35 heavy (non-hydrogen) atoms. The molecule has 1 N–H and O–H groups in total. The summed E-state index contributed by atoms with van der Waals surface area (Å²) < 4.78 is 12.4. The number of allylic oxidation sites excluding steroid dienone is 1. The molecule has 0 saturated carbocycles. The Morgan fingerprint density at radius 1 is 1.17 bits per heavy atom. The van der Waals surface area contributed by atoms with Gasteiger partial charge in [-0.15, -0.1) is 0 Å². The van der Waals surface area contributed by atoms with E-state index in [9.17, 15) is 19.4 Å². The van der Waals surface area contributed by atoms with Crippen molar-refractivity contribution in [2.24, 2.45) is 0 Å². The van der Waals surface area contributed by atoms with Crippen LogP contribution in [0.15, 0.2) is 47.6 Å². The average Bonchev–Trinajstić information content (AvgIpc) is 2.87. The highest BCUT2D eigenvalue weighted by Crippen LogP contribution is 2.37. The SMILES string of the molecule is CS(=O)c1nc2c(c(N3CCN(C(=O)O)[C@@H](CC#N)C3)n1)CCC(c1cccc3ccccc13)=C2. The summed E-state index contributed by atoms with van der Waals surface area (Å²) >= 11 is 0. The number of benzene rings is 2. The zero-order valence-electron chi connectivity index (χ0n) is 19.3. The fraction of sp³-hybridized carbons (Fsp3) is 0.308. The molecular formula is C26H25N5O3S. The third kappa shape index (κ3) is 4.37. The second kappa shape index (κ2) is 9.47. The summed E-state index contributed by atoms with van der Waals surface area (Å²) in [5.74, 6) is 0.696. The van der Waals surface area contributed by atoms with E-state index >= 15 is 0 Å². The zero-order chi connectivity index (χ0) is 24.5. The van der Waals surface area contributed by atoms with Crippen LogP contribution in [-0.2, 0) is 17.2 Å². The number of carboxylic acid groups (broad SMARTS) is 1. The lowest BCUT2D eigenvalue weighted by atomic mass is 9.88. The quantitative estimate of drug-likeness (QED) is 0.555. The molecule has 2 atom stereocenters. The third-order valence-electron chi connectivity index (χ3n) is 6.70. The minimum atomic E-state index is -1.38. The number of fused-ring (bicyclic) bond motifs is 2. The molecular weight excluding hydrogens is 462 g/mol. The Hall–Kier alpha value is -3.77.